The molecule has 0 bridgehead atoms. The highest BCUT2D eigenvalue weighted by Gasteiger charge is 2.30. The molecule has 1 aliphatic rings. The Balaban J connectivity index is 2.14. The summed E-state index contributed by atoms with van der Waals surface area (Å²) in [4.78, 5) is 0. The van der Waals surface area contributed by atoms with Crippen LogP contribution in [-0.4, -0.2) is 18.7 Å². The molecule has 1 aliphatic carbocycles. The lowest BCUT2D eigenvalue weighted by molar-refractivity contribution is 0.0904. The minimum atomic E-state index is 0.305. The number of benzene rings is 1. The number of likely N-dealkylation sites (N-methyl/N-ethyl adjacent to an activating group) is 1. The van der Waals surface area contributed by atoms with Gasteiger partial charge in [0.25, 0.3) is 0 Å². The second-order valence-electron chi connectivity index (χ2n) is 6.59. The molecule has 118 valence electrons. The van der Waals surface area contributed by atoms with Crippen molar-refractivity contribution in [3.05, 3.63) is 29.8 Å². The topological polar surface area (TPSA) is 21.3 Å². The van der Waals surface area contributed by atoms with Crippen LogP contribution in [0.3, 0.4) is 0 Å². The zero-order chi connectivity index (χ0) is 15.2. The van der Waals surface area contributed by atoms with Gasteiger partial charge in [0.2, 0.25) is 0 Å². The van der Waals surface area contributed by atoms with Gasteiger partial charge in [-0.3, -0.25) is 0 Å². The zero-order valence-electron chi connectivity index (χ0n) is 14.1. The molecular weight excluding hydrogens is 258 g/mol. The standard InChI is InChI=1S/C19H31NO/c1-5-15(4)16-9-7-8-10-18(16)21-19-13-14(3)11-12-17(19)20-6-2/h7-10,14-15,17,19-20H,5-6,11-13H2,1-4H3. The third kappa shape index (κ3) is 4.23. The van der Waals surface area contributed by atoms with Crippen molar-refractivity contribution in [3.8, 4) is 5.75 Å². The van der Waals surface area contributed by atoms with Crippen molar-refractivity contribution in [2.45, 2.75) is 71.4 Å². The Kier molecular flexibility index (Phi) is 6.10. The summed E-state index contributed by atoms with van der Waals surface area (Å²) in [6, 6.07) is 9.08. The molecule has 2 nitrogen and oxygen atoms in total. The zero-order valence-corrected chi connectivity index (χ0v) is 14.1. The van der Waals surface area contributed by atoms with Gasteiger partial charge in [0.15, 0.2) is 0 Å². The van der Waals surface area contributed by atoms with Crippen molar-refractivity contribution in [3.63, 3.8) is 0 Å². The molecule has 0 amide bonds. The lowest BCUT2D eigenvalue weighted by atomic mass is 9.84. The summed E-state index contributed by atoms with van der Waals surface area (Å²) in [5.41, 5.74) is 1.36. The summed E-state index contributed by atoms with van der Waals surface area (Å²) in [5.74, 6) is 2.41. The molecule has 2 rings (SSSR count). The Morgan fingerprint density at radius 3 is 2.71 bits per heavy atom. The van der Waals surface area contributed by atoms with Gasteiger partial charge in [0.1, 0.15) is 11.9 Å². The van der Waals surface area contributed by atoms with E-state index in [4.69, 9.17) is 4.74 Å². The number of rotatable bonds is 6. The number of ether oxygens (including phenoxy) is 1. The summed E-state index contributed by atoms with van der Waals surface area (Å²) < 4.78 is 6.48. The number of hydrogen-bond acceptors (Lipinski definition) is 2. The fraction of sp³-hybridized carbons (Fsp3) is 0.684. The first-order valence-corrected chi connectivity index (χ1v) is 8.64. The largest absolute Gasteiger partial charge is 0.489 e. The van der Waals surface area contributed by atoms with Crippen LogP contribution in [0.4, 0.5) is 0 Å². The fourth-order valence-electron chi connectivity index (χ4n) is 3.33. The van der Waals surface area contributed by atoms with Crippen LogP contribution in [0.1, 0.15) is 64.9 Å². The smallest absolute Gasteiger partial charge is 0.123 e. The summed E-state index contributed by atoms with van der Waals surface area (Å²) >= 11 is 0. The SMILES string of the molecule is CCNC1CCC(C)CC1Oc1ccccc1C(C)CC. The second kappa shape index (κ2) is 7.84. The van der Waals surface area contributed by atoms with E-state index in [0.29, 0.717) is 18.1 Å². The fourth-order valence-corrected chi connectivity index (χ4v) is 3.33. The second-order valence-corrected chi connectivity index (χ2v) is 6.59. The van der Waals surface area contributed by atoms with E-state index in [1.165, 1.54) is 18.4 Å². The van der Waals surface area contributed by atoms with Crippen LogP contribution < -0.4 is 10.1 Å². The Labute approximate surface area is 130 Å². The van der Waals surface area contributed by atoms with Gasteiger partial charge in [-0.2, -0.15) is 0 Å². The van der Waals surface area contributed by atoms with Gasteiger partial charge in [0, 0.05) is 6.04 Å². The van der Waals surface area contributed by atoms with E-state index in [9.17, 15) is 0 Å². The highest BCUT2D eigenvalue weighted by molar-refractivity contribution is 5.36. The maximum atomic E-state index is 6.48. The molecule has 1 N–H and O–H groups in total. The average molecular weight is 289 g/mol. The van der Waals surface area contributed by atoms with Crippen molar-refractivity contribution in [1.82, 2.24) is 5.32 Å². The summed E-state index contributed by atoms with van der Waals surface area (Å²) in [5, 5.41) is 3.61. The van der Waals surface area contributed by atoms with Gasteiger partial charge in [-0.25, -0.2) is 0 Å². The van der Waals surface area contributed by atoms with Crippen LogP contribution in [0, 0.1) is 5.92 Å². The minimum absolute atomic E-state index is 0.305. The van der Waals surface area contributed by atoms with E-state index < -0.39 is 0 Å². The molecule has 0 saturated heterocycles. The van der Waals surface area contributed by atoms with Crippen LogP contribution in [0.25, 0.3) is 0 Å². The highest BCUT2D eigenvalue weighted by Crippen LogP contribution is 2.33. The third-order valence-corrected chi connectivity index (χ3v) is 4.86. The molecular formula is C19H31NO. The average Bonchev–Trinajstić information content (AvgIpc) is 2.50. The molecule has 0 aliphatic heterocycles. The molecule has 1 fully saturated rings. The minimum Gasteiger partial charge on any atom is -0.489 e. The molecule has 0 spiro atoms. The monoisotopic (exact) mass is 289 g/mol. The van der Waals surface area contributed by atoms with Crippen LogP contribution in [0.5, 0.6) is 5.75 Å². The number of para-hydroxylation sites is 1. The Morgan fingerprint density at radius 1 is 1.24 bits per heavy atom. The van der Waals surface area contributed by atoms with E-state index in [1.54, 1.807) is 0 Å². The molecule has 4 unspecified atom stereocenters. The molecule has 1 aromatic rings. The molecule has 0 radical (unpaired) electrons. The van der Waals surface area contributed by atoms with Crippen molar-refractivity contribution >= 4 is 0 Å². The normalized spacial score (nSPS) is 27.3. The number of nitrogens with one attached hydrogen (secondary N) is 1. The van der Waals surface area contributed by atoms with E-state index >= 15 is 0 Å². The van der Waals surface area contributed by atoms with Crippen LogP contribution in [-0.2, 0) is 0 Å². The Hall–Kier alpha value is -1.02. The van der Waals surface area contributed by atoms with Crippen LogP contribution in [0.2, 0.25) is 0 Å². The molecule has 0 heterocycles. The van der Waals surface area contributed by atoms with Gasteiger partial charge in [-0.15, -0.1) is 0 Å². The summed E-state index contributed by atoms with van der Waals surface area (Å²) in [7, 11) is 0. The molecule has 1 saturated carbocycles. The number of hydrogen-bond donors (Lipinski definition) is 1. The lowest BCUT2D eigenvalue weighted by Crippen LogP contribution is -2.46. The van der Waals surface area contributed by atoms with E-state index in [2.05, 4.69) is 57.3 Å². The summed E-state index contributed by atoms with van der Waals surface area (Å²) in [6.45, 7) is 10.1. The molecule has 1 aromatic carbocycles. The summed E-state index contributed by atoms with van der Waals surface area (Å²) in [6.07, 6.45) is 5.15. The molecule has 4 atom stereocenters. The van der Waals surface area contributed by atoms with Crippen molar-refractivity contribution in [1.29, 1.82) is 0 Å². The van der Waals surface area contributed by atoms with Gasteiger partial charge in [-0.1, -0.05) is 45.9 Å². The Morgan fingerprint density at radius 2 is 2.00 bits per heavy atom. The third-order valence-electron chi connectivity index (χ3n) is 4.86. The van der Waals surface area contributed by atoms with Gasteiger partial charge >= 0.3 is 0 Å². The molecule has 21 heavy (non-hydrogen) atoms. The predicted octanol–water partition coefficient (Wildman–Crippen LogP) is 4.75. The van der Waals surface area contributed by atoms with Gasteiger partial charge < -0.3 is 10.1 Å². The maximum Gasteiger partial charge on any atom is 0.123 e. The lowest BCUT2D eigenvalue weighted by Gasteiger charge is -2.36. The Bertz CT molecular complexity index is 431. The van der Waals surface area contributed by atoms with Crippen LogP contribution >= 0.6 is 0 Å². The highest BCUT2D eigenvalue weighted by atomic mass is 16.5. The van der Waals surface area contributed by atoms with Crippen molar-refractivity contribution in [2.24, 2.45) is 5.92 Å². The maximum absolute atomic E-state index is 6.48. The molecule has 2 heteroatoms. The van der Waals surface area contributed by atoms with Crippen molar-refractivity contribution < 1.29 is 4.74 Å². The quantitative estimate of drug-likeness (QED) is 0.816. The first-order valence-electron chi connectivity index (χ1n) is 8.64. The first-order chi connectivity index (χ1) is 10.2. The van der Waals surface area contributed by atoms with Gasteiger partial charge in [0.05, 0.1) is 0 Å². The van der Waals surface area contributed by atoms with E-state index in [0.717, 1.165) is 31.1 Å². The van der Waals surface area contributed by atoms with Crippen molar-refractivity contribution in [2.75, 3.05) is 6.54 Å². The van der Waals surface area contributed by atoms with E-state index in [1.807, 2.05) is 0 Å². The molecule has 0 aromatic heterocycles. The van der Waals surface area contributed by atoms with Gasteiger partial charge in [-0.05, 0) is 55.7 Å². The van der Waals surface area contributed by atoms with E-state index in [-0.39, 0.29) is 0 Å². The first kappa shape index (κ1) is 16.4. The predicted molar refractivity (Wildman–Crippen MR) is 90.0 cm³/mol. The van der Waals surface area contributed by atoms with Crippen LogP contribution in [0.15, 0.2) is 24.3 Å².